The van der Waals surface area contributed by atoms with E-state index in [1.54, 1.807) is 4.90 Å². The SMILES string of the molecule is CCC1CN(C(=O)c2ccc(O)c(O)c2)CCO1. The van der Waals surface area contributed by atoms with Gasteiger partial charge in [-0.25, -0.2) is 0 Å². The van der Waals surface area contributed by atoms with Crippen LogP contribution in [0.3, 0.4) is 0 Å². The summed E-state index contributed by atoms with van der Waals surface area (Å²) in [5.41, 5.74) is 0.377. The normalized spacial score (nSPS) is 19.8. The summed E-state index contributed by atoms with van der Waals surface area (Å²) >= 11 is 0. The van der Waals surface area contributed by atoms with Crippen molar-refractivity contribution in [1.82, 2.24) is 4.90 Å². The summed E-state index contributed by atoms with van der Waals surface area (Å²) in [5, 5.41) is 18.6. The van der Waals surface area contributed by atoms with Crippen LogP contribution in [-0.4, -0.2) is 46.8 Å². The first-order chi connectivity index (χ1) is 8.61. The molecule has 2 rings (SSSR count). The van der Waals surface area contributed by atoms with E-state index in [-0.39, 0.29) is 23.5 Å². The minimum atomic E-state index is -0.277. The Morgan fingerprint density at radius 1 is 1.44 bits per heavy atom. The number of rotatable bonds is 2. The van der Waals surface area contributed by atoms with E-state index in [2.05, 4.69) is 0 Å². The molecule has 0 saturated carbocycles. The molecule has 0 aromatic heterocycles. The second kappa shape index (κ2) is 5.27. The summed E-state index contributed by atoms with van der Waals surface area (Å²) in [4.78, 5) is 13.9. The third kappa shape index (κ3) is 2.56. The molecule has 1 saturated heterocycles. The van der Waals surface area contributed by atoms with Gasteiger partial charge >= 0.3 is 0 Å². The minimum Gasteiger partial charge on any atom is -0.504 e. The highest BCUT2D eigenvalue weighted by Gasteiger charge is 2.24. The monoisotopic (exact) mass is 251 g/mol. The molecule has 1 heterocycles. The Bertz CT molecular complexity index is 447. The Morgan fingerprint density at radius 3 is 2.89 bits per heavy atom. The summed E-state index contributed by atoms with van der Waals surface area (Å²) in [6.45, 7) is 3.67. The summed E-state index contributed by atoms with van der Waals surface area (Å²) in [6, 6.07) is 4.11. The van der Waals surface area contributed by atoms with Gasteiger partial charge in [-0.05, 0) is 24.6 Å². The highest BCUT2D eigenvalue weighted by atomic mass is 16.5. The Hall–Kier alpha value is -1.75. The number of amides is 1. The molecule has 0 aliphatic carbocycles. The van der Waals surface area contributed by atoms with Gasteiger partial charge < -0.3 is 19.8 Å². The predicted octanol–water partition coefficient (Wildman–Crippen LogP) is 1.35. The number of nitrogens with zero attached hydrogens (tertiary/aromatic N) is 1. The van der Waals surface area contributed by atoms with Crippen molar-refractivity contribution in [3.05, 3.63) is 23.8 Å². The Balaban J connectivity index is 2.12. The van der Waals surface area contributed by atoms with Gasteiger partial charge in [0.2, 0.25) is 0 Å². The number of carbonyl (C=O) groups is 1. The Labute approximate surface area is 106 Å². The van der Waals surface area contributed by atoms with E-state index in [1.165, 1.54) is 18.2 Å². The lowest BCUT2D eigenvalue weighted by Gasteiger charge is -2.32. The standard InChI is InChI=1S/C13H17NO4/c1-2-10-8-14(5-6-18-10)13(17)9-3-4-11(15)12(16)7-9/h3-4,7,10,15-16H,2,5-6,8H2,1H3. The zero-order valence-electron chi connectivity index (χ0n) is 10.3. The highest BCUT2D eigenvalue weighted by molar-refractivity contribution is 5.95. The van der Waals surface area contributed by atoms with E-state index in [9.17, 15) is 15.0 Å². The molecule has 1 aromatic rings. The average Bonchev–Trinajstić information content (AvgIpc) is 2.41. The molecular formula is C13H17NO4. The zero-order valence-corrected chi connectivity index (χ0v) is 10.3. The van der Waals surface area contributed by atoms with Crippen LogP contribution in [0.4, 0.5) is 0 Å². The van der Waals surface area contributed by atoms with Crippen molar-refractivity contribution in [3.8, 4) is 11.5 Å². The number of morpholine rings is 1. The average molecular weight is 251 g/mol. The van der Waals surface area contributed by atoms with Crippen LogP contribution in [0.25, 0.3) is 0 Å². The van der Waals surface area contributed by atoms with E-state index in [0.29, 0.717) is 25.3 Å². The van der Waals surface area contributed by atoms with Crippen molar-refractivity contribution in [1.29, 1.82) is 0 Å². The van der Waals surface area contributed by atoms with Crippen molar-refractivity contribution in [2.75, 3.05) is 19.7 Å². The highest BCUT2D eigenvalue weighted by Crippen LogP contribution is 2.25. The van der Waals surface area contributed by atoms with Gasteiger partial charge in [0.15, 0.2) is 11.5 Å². The second-order valence-electron chi connectivity index (χ2n) is 4.36. The molecule has 0 radical (unpaired) electrons. The lowest BCUT2D eigenvalue weighted by Crippen LogP contribution is -2.45. The van der Waals surface area contributed by atoms with Gasteiger partial charge in [-0.2, -0.15) is 0 Å². The maximum absolute atomic E-state index is 12.2. The van der Waals surface area contributed by atoms with Crippen LogP contribution in [0.2, 0.25) is 0 Å². The van der Waals surface area contributed by atoms with Gasteiger partial charge in [0.05, 0.1) is 12.7 Å². The first-order valence-electron chi connectivity index (χ1n) is 6.04. The third-order valence-electron chi connectivity index (χ3n) is 3.10. The third-order valence-corrected chi connectivity index (χ3v) is 3.10. The lowest BCUT2D eigenvalue weighted by atomic mass is 10.1. The molecule has 1 aliphatic rings. The van der Waals surface area contributed by atoms with Crippen molar-refractivity contribution in [3.63, 3.8) is 0 Å². The van der Waals surface area contributed by atoms with Crippen LogP contribution in [0.15, 0.2) is 18.2 Å². The zero-order chi connectivity index (χ0) is 13.1. The van der Waals surface area contributed by atoms with Crippen molar-refractivity contribution in [2.45, 2.75) is 19.4 Å². The molecule has 5 nitrogen and oxygen atoms in total. The summed E-state index contributed by atoms with van der Waals surface area (Å²) < 4.78 is 5.50. The molecule has 0 spiro atoms. The lowest BCUT2D eigenvalue weighted by molar-refractivity contribution is -0.0226. The number of ether oxygens (including phenoxy) is 1. The molecular weight excluding hydrogens is 234 g/mol. The van der Waals surface area contributed by atoms with Crippen molar-refractivity contribution < 1.29 is 19.7 Å². The van der Waals surface area contributed by atoms with Gasteiger partial charge in [0, 0.05) is 18.7 Å². The van der Waals surface area contributed by atoms with Crippen LogP contribution in [0.1, 0.15) is 23.7 Å². The number of hydrogen-bond acceptors (Lipinski definition) is 4. The first-order valence-corrected chi connectivity index (χ1v) is 6.04. The number of phenols is 2. The van der Waals surface area contributed by atoms with E-state index < -0.39 is 0 Å². The second-order valence-corrected chi connectivity index (χ2v) is 4.36. The maximum Gasteiger partial charge on any atom is 0.254 e. The van der Waals surface area contributed by atoms with Crippen molar-refractivity contribution in [2.24, 2.45) is 0 Å². The minimum absolute atomic E-state index is 0.0772. The Kier molecular flexibility index (Phi) is 3.72. The molecule has 1 amide bonds. The van der Waals surface area contributed by atoms with Gasteiger partial charge in [-0.1, -0.05) is 6.92 Å². The fourth-order valence-corrected chi connectivity index (χ4v) is 1.99. The summed E-state index contributed by atoms with van der Waals surface area (Å²) in [5.74, 6) is -0.645. The van der Waals surface area contributed by atoms with Crippen LogP contribution >= 0.6 is 0 Å². The van der Waals surface area contributed by atoms with E-state index in [1.807, 2.05) is 6.92 Å². The molecule has 1 atom stereocenters. The molecule has 98 valence electrons. The van der Waals surface area contributed by atoms with Crippen LogP contribution in [-0.2, 0) is 4.74 Å². The first kappa shape index (κ1) is 12.7. The van der Waals surface area contributed by atoms with E-state index in [0.717, 1.165) is 6.42 Å². The quantitative estimate of drug-likeness (QED) is 0.778. The molecule has 2 N–H and O–H groups in total. The fourth-order valence-electron chi connectivity index (χ4n) is 1.99. The largest absolute Gasteiger partial charge is 0.504 e. The maximum atomic E-state index is 12.2. The smallest absolute Gasteiger partial charge is 0.254 e. The molecule has 0 bridgehead atoms. The number of benzene rings is 1. The molecule has 1 fully saturated rings. The van der Waals surface area contributed by atoms with Crippen LogP contribution in [0.5, 0.6) is 11.5 Å². The topological polar surface area (TPSA) is 70.0 Å². The Morgan fingerprint density at radius 2 is 2.22 bits per heavy atom. The fraction of sp³-hybridized carbons (Fsp3) is 0.462. The van der Waals surface area contributed by atoms with Gasteiger partial charge in [0.1, 0.15) is 0 Å². The van der Waals surface area contributed by atoms with Gasteiger partial charge in [-0.15, -0.1) is 0 Å². The number of aromatic hydroxyl groups is 2. The summed E-state index contributed by atoms with van der Waals surface area (Å²) in [6.07, 6.45) is 0.943. The molecule has 1 aliphatic heterocycles. The number of phenolic OH excluding ortho intramolecular Hbond substituents is 2. The molecule has 1 unspecified atom stereocenters. The number of hydrogen-bond donors (Lipinski definition) is 2. The van der Waals surface area contributed by atoms with E-state index in [4.69, 9.17) is 4.74 Å². The molecule has 1 aromatic carbocycles. The molecule has 5 heteroatoms. The van der Waals surface area contributed by atoms with Crippen molar-refractivity contribution >= 4 is 5.91 Å². The van der Waals surface area contributed by atoms with Crippen LogP contribution in [0, 0.1) is 0 Å². The predicted molar refractivity (Wildman–Crippen MR) is 65.7 cm³/mol. The van der Waals surface area contributed by atoms with E-state index >= 15 is 0 Å². The van der Waals surface area contributed by atoms with Gasteiger partial charge in [0.25, 0.3) is 5.91 Å². The molecule has 18 heavy (non-hydrogen) atoms. The number of carbonyl (C=O) groups excluding carboxylic acids is 1. The van der Waals surface area contributed by atoms with Gasteiger partial charge in [-0.3, -0.25) is 4.79 Å². The van der Waals surface area contributed by atoms with Crippen LogP contribution < -0.4 is 0 Å². The summed E-state index contributed by atoms with van der Waals surface area (Å²) in [7, 11) is 0.